The minimum atomic E-state index is -1.82. The van der Waals surface area contributed by atoms with E-state index in [4.69, 9.17) is 8.85 Å². The van der Waals surface area contributed by atoms with Gasteiger partial charge in [-0.15, -0.1) is 0 Å². The third-order valence-electron chi connectivity index (χ3n) is 2.76. The zero-order chi connectivity index (χ0) is 13.5. The van der Waals surface area contributed by atoms with Crippen LogP contribution in [0.15, 0.2) is 54.6 Å². The van der Waals surface area contributed by atoms with Crippen molar-refractivity contribution in [3.63, 3.8) is 0 Å². The van der Waals surface area contributed by atoms with Crippen LogP contribution in [0.4, 0.5) is 0 Å². The molecule has 3 heteroatoms. The molecule has 0 saturated heterocycles. The van der Waals surface area contributed by atoms with Crippen molar-refractivity contribution in [2.24, 2.45) is 0 Å². The van der Waals surface area contributed by atoms with Gasteiger partial charge in [0.1, 0.15) is 0 Å². The molecular weight excluding hydrogens is 252 g/mol. The Morgan fingerprint density at radius 2 is 1.42 bits per heavy atom. The van der Waals surface area contributed by atoms with E-state index in [0.29, 0.717) is 0 Å². The maximum Gasteiger partial charge on any atom is 0.356 e. The van der Waals surface area contributed by atoms with Gasteiger partial charge in [0.25, 0.3) is 0 Å². The number of rotatable bonds is 3. The molecule has 0 atom stereocenters. The molecule has 96 valence electrons. The Kier molecular flexibility index (Phi) is 4.93. The van der Waals surface area contributed by atoms with Crippen molar-refractivity contribution in [3.05, 3.63) is 65.7 Å². The lowest BCUT2D eigenvalue weighted by atomic mass is 10.2. The number of hydrogen-bond donors (Lipinski definition) is 0. The minimum absolute atomic E-state index is 0.978. The molecule has 2 nitrogen and oxygen atoms in total. The highest BCUT2D eigenvalue weighted by Crippen LogP contribution is 2.00. The van der Waals surface area contributed by atoms with E-state index >= 15 is 0 Å². The first-order chi connectivity index (χ1) is 9.35. The van der Waals surface area contributed by atoms with Crippen molar-refractivity contribution in [3.8, 4) is 11.8 Å². The highest BCUT2D eigenvalue weighted by atomic mass is 28.3. The third-order valence-corrected chi connectivity index (χ3v) is 4.63. The fourth-order valence-electron chi connectivity index (χ4n) is 1.83. The molecule has 0 aromatic heterocycles. The summed E-state index contributed by atoms with van der Waals surface area (Å²) in [6, 6.07) is 17.9. The van der Waals surface area contributed by atoms with Crippen molar-refractivity contribution in [2.45, 2.75) is 0 Å². The average Bonchev–Trinajstić information content (AvgIpc) is 2.48. The van der Waals surface area contributed by atoms with Crippen LogP contribution in [0.5, 0.6) is 0 Å². The predicted molar refractivity (Wildman–Crippen MR) is 79.7 cm³/mol. The van der Waals surface area contributed by atoms with Crippen molar-refractivity contribution >= 4 is 14.5 Å². The lowest BCUT2D eigenvalue weighted by Crippen LogP contribution is -2.36. The van der Waals surface area contributed by atoms with E-state index in [1.165, 1.54) is 0 Å². The van der Waals surface area contributed by atoms with Crippen LogP contribution in [-0.2, 0) is 8.85 Å². The summed E-state index contributed by atoms with van der Waals surface area (Å²) >= 11 is 0. The summed E-state index contributed by atoms with van der Waals surface area (Å²) in [6.07, 6.45) is 0. The largest absolute Gasteiger partial charge is 0.397 e. The zero-order valence-corrected chi connectivity index (χ0v) is 12.2. The summed E-state index contributed by atoms with van der Waals surface area (Å²) in [7, 11) is 1.55. The van der Waals surface area contributed by atoms with Gasteiger partial charge in [0, 0.05) is 30.5 Å². The molecule has 0 radical (unpaired) electrons. The third kappa shape index (κ3) is 3.55. The van der Waals surface area contributed by atoms with E-state index in [1.54, 1.807) is 14.2 Å². The van der Waals surface area contributed by atoms with Gasteiger partial charge in [0.2, 0.25) is 0 Å². The molecule has 0 amide bonds. The van der Waals surface area contributed by atoms with Crippen molar-refractivity contribution in [1.82, 2.24) is 0 Å². The molecule has 0 unspecified atom stereocenters. The van der Waals surface area contributed by atoms with Crippen LogP contribution in [0.3, 0.4) is 0 Å². The van der Waals surface area contributed by atoms with Gasteiger partial charge in [-0.3, -0.25) is 0 Å². The first-order valence-corrected chi connectivity index (χ1v) is 7.58. The normalized spacial score (nSPS) is 10.1. The van der Waals surface area contributed by atoms with E-state index < -0.39 is 9.28 Å². The average molecular weight is 268 g/mol. The Labute approximate surface area is 115 Å². The van der Waals surface area contributed by atoms with Crippen LogP contribution < -0.4 is 5.19 Å². The van der Waals surface area contributed by atoms with Crippen molar-refractivity contribution < 1.29 is 8.85 Å². The van der Waals surface area contributed by atoms with Gasteiger partial charge >= 0.3 is 9.28 Å². The zero-order valence-electron chi connectivity index (χ0n) is 11.1. The molecule has 0 fully saturated rings. The Morgan fingerprint density at radius 3 is 2.11 bits per heavy atom. The Balaban J connectivity index is 2.33. The van der Waals surface area contributed by atoms with Gasteiger partial charge in [-0.2, -0.15) is 0 Å². The minimum Gasteiger partial charge on any atom is -0.397 e. The van der Waals surface area contributed by atoms with E-state index in [-0.39, 0.29) is 0 Å². The van der Waals surface area contributed by atoms with Crippen LogP contribution in [0.2, 0.25) is 0 Å². The number of benzene rings is 2. The first-order valence-electron chi connectivity index (χ1n) is 6.06. The summed E-state index contributed by atoms with van der Waals surface area (Å²) in [5.41, 5.74) is 1.98. The maximum absolute atomic E-state index is 5.43. The molecule has 0 saturated carbocycles. The van der Waals surface area contributed by atoms with Gasteiger partial charge in [-0.05, 0) is 18.2 Å². The quantitative estimate of drug-likeness (QED) is 0.624. The molecule has 2 rings (SSSR count). The van der Waals surface area contributed by atoms with E-state index in [1.807, 2.05) is 54.6 Å². The molecular formula is C16H16O2Si. The van der Waals surface area contributed by atoms with E-state index in [9.17, 15) is 0 Å². The number of hydrogen-bond acceptors (Lipinski definition) is 2. The van der Waals surface area contributed by atoms with Crippen LogP contribution >= 0.6 is 0 Å². The van der Waals surface area contributed by atoms with Gasteiger partial charge in [-0.1, -0.05) is 48.2 Å². The molecule has 2 aromatic carbocycles. The highest BCUT2D eigenvalue weighted by Gasteiger charge is 2.15. The Hall–Kier alpha value is -1.86. The van der Waals surface area contributed by atoms with Crippen LogP contribution in [0, 0.1) is 11.8 Å². The molecule has 0 aliphatic rings. The van der Waals surface area contributed by atoms with E-state index in [0.717, 1.165) is 16.3 Å². The Bertz CT molecular complexity index is 580. The van der Waals surface area contributed by atoms with Crippen LogP contribution in [-0.4, -0.2) is 23.5 Å². The molecule has 0 spiro atoms. The van der Waals surface area contributed by atoms with Crippen molar-refractivity contribution in [1.29, 1.82) is 0 Å². The first kappa shape index (κ1) is 13.6. The molecule has 0 N–H and O–H groups in total. The van der Waals surface area contributed by atoms with E-state index in [2.05, 4.69) is 11.8 Å². The lowest BCUT2D eigenvalue weighted by Gasteiger charge is -2.12. The van der Waals surface area contributed by atoms with Crippen molar-refractivity contribution in [2.75, 3.05) is 14.2 Å². The van der Waals surface area contributed by atoms with Crippen LogP contribution in [0.25, 0.3) is 0 Å². The molecule has 19 heavy (non-hydrogen) atoms. The molecule has 0 aliphatic carbocycles. The maximum atomic E-state index is 5.43. The highest BCUT2D eigenvalue weighted by molar-refractivity contribution is 6.62. The fraction of sp³-hybridized carbons (Fsp3) is 0.125. The summed E-state index contributed by atoms with van der Waals surface area (Å²) in [6.45, 7) is 0. The second kappa shape index (κ2) is 6.91. The molecule has 0 heterocycles. The molecule has 0 bridgehead atoms. The monoisotopic (exact) mass is 268 g/mol. The van der Waals surface area contributed by atoms with Gasteiger partial charge < -0.3 is 8.85 Å². The molecule has 0 aliphatic heterocycles. The second-order valence-corrected chi connectivity index (χ2v) is 6.24. The topological polar surface area (TPSA) is 18.5 Å². The summed E-state index contributed by atoms with van der Waals surface area (Å²) in [4.78, 5) is 0. The summed E-state index contributed by atoms with van der Waals surface area (Å²) in [5, 5.41) is 1.08. The smallest absolute Gasteiger partial charge is 0.356 e. The predicted octanol–water partition coefficient (Wildman–Crippen LogP) is 1.81. The SMILES string of the molecule is CO[SiH](OC)c1ccccc1C#Cc1ccccc1. The van der Waals surface area contributed by atoms with Gasteiger partial charge in [0.15, 0.2) is 0 Å². The second-order valence-electron chi connectivity index (χ2n) is 4.01. The molecule has 2 aromatic rings. The van der Waals surface area contributed by atoms with Gasteiger partial charge in [-0.25, -0.2) is 0 Å². The summed E-state index contributed by atoms with van der Waals surface area (Å²) < 4.78 is 10.9. The lowest BCUT2D eigenvalue weighted by molar-refractivity contribution is 0.292. The standard InChI is InChI=1S/C16H16O2Si/c1-17-19(18-2)16-11-7-6-10-15(16)13-12-14-8-4-3-5-9-14/h3-11,19H,1-2H3. The van der Waals surface area contributed by atoms with Gasteiger partial charge in [0.05, 0.1) is 0 Å². The van der Waals surface area contributed by atoms with Crippen LogP contribution in [0.1, 0.15) is 11.1 Å². The Morgan fingerprint density at radius 1 is 0.789 bits per heavy atom. The fourth-order valence-corrected chi connectivity index (χ4v) is 3.22. The summed E-state index contributed by atoms with van der Waals surface area (Å²) in [5.74, 6) is 6.37.